The number of nitrogens with one attached hydrogen (secondary N) is 1. The van der Waals surface area contributed by atoms with Gasteiger partial charge in [0.15, 0.2) is 0 Å². The summed E-state index contributed by atoms with van der Waals surface area (Å²) in [6, 6.07) is 6.34. The van der Waals surface area contributed by atoms with Crippen LogP contribution in [-0.2, 0) is 17.6 Å². The number of nitrogens with zero attached hydrogens (tertiary/aromatic N) is 3. The van der Waals surface area contributed by atoms with Crippen molar-refractivity contribution in [1.29, 1.82) is 0 Å². The lowest BCUT2D eigenvalue weighted by Crippen LogP contribution is -2.33. The van der Waals surface area contributed by atoms with Crippen LogP contribution in [0.2, 0.25) is 5.02 Å². The van der Waals surface area contributed by atoms with E-state index in [2.05, 4.69) is 40.4 Å². The Morgan fingerprint density at radius 3 is 2.92 bits per heavy atom. The van der Waals surface area contributed by atoms with Crippen LogP contribution in [0.1, 0.15) is 50.1 Å². The van der Waals surface area contributed by atoms with Crippen LogP contribution in [0.3, 0.4) is 0 Å². The molecule has 25 heavy (non-hydrogen) atoms. The number of amides is 1. The van der Waals surface area contributed by atoms with Gasteiger partial charge in [-0.1, -0.05) is 30.7 Å². The number of aromatic nitrogens is 2. The Kier molecular flexibility index (Phi) is 5.23. The van der Waals surface area contributed by atoms with Crippen LogP contribution in [-0.4, -0.2) is 22.4 Å². The molecule has 6 heteroatoms. The van der Waals surface area contributed by atoms with Crippen LogP contribution in [0.4, 0.5) is 11.5 Å². The van der Waals surface area contributed by atoms with E-state index in [0.29, 0.717) is 10.8 Å². The minimum absolute atomic E-state index is 0.0122. The molecule has 3 rings (SSSR count). The van der Waals surface area contributed by atoms with E-state index >= 15 is 0 Å². The van der Waals surface area contributed by atoms with Crippen LogP contribution in [0.15, 0.2) is 24.5 Å². The van der Waals surface area contributed by atoms with Gasteiger partial charge in [0.1, 0.15) is 17.2 Å². The largest absolute Gasteiger partial charge is 0.362 e. The number of anilines is 2. The zero-order valence-electron chi connectivity index (χ0n) is 14.8. The summed E-state index contributed by atoms with van der Waals surface area (Å²) >= 11 is 6.38. The van der Waals surface area contributed by atoms with Gasteiger partial charge >= 0.3 is 0 Å². The Labute approximate surface area is 153 Å². The van der Waals surface area contributed by atoms with Crippen molar-refractivity contribution in [2.45, 2.75) is 46.1 Å². The Bertz CT molecular complexity index is 793. The monoisotopic (exact) mass is 358 g/mol. The molecule has 2 aromatic rings. The topological polar surface area (TPSA) is 58.1 Å². The van der Waals surface area contributed by atoms with E-state index < -0.39 is 0 Å². The molecule has 0 bridgehead atoms. The van der Waals surface area contributed by atoms with Crippen LogP contribution in [0, 0.1) is 0 Å². The van der Waals surface area contributed by atoms with Gasteiger partial charge in [0.05, 0.1) is 11.7 Å². The molecule has 5 nitrogen and oxygen atoms in total. The third-order valence-electron chi connectivity index (χ3n) is 4.66. The summed E-state index contributed by atoms with van der Waals surface area (Å²) in [5.74, 6) is 0.729. The first-order valence-corrected chi connectivity index (χ1v) is 9.06. The van der Waals surface area contributed by atoms with Crippen molar-refractivity contribution in [2.75, 3.05) is 16.8 Å². The van der Waals surface area contributed by atoms with Gasteiger partial charge in [-0.2, -0.15) is 0 Å². The van der Waals surface area contributed by atoms with E-state index in [0.717, 1.165) is 42.8 Å². The molecule has 132 valence electrons. The number of carbonyl (C=O) groups is 1. The smallest absolute Gasteiger partial charge is 0.223 e. The number of benzene rings is 1. The quantitative estimate of drug-likeness (QED) is 0.891. The van der Waals surface area contributed by atoms with E-state index in [9.17, 15) is 4.79 Å². The third kappa shape index (κ3) is 3.61. The maximum Gasteiger partial charge on any atom is 0.223 e. The van der Waals surface area contributed by atoms with Gasteiger partial charge in [-0.25, -0.2) is 9.97 Å². The molecule has 1 N–H and O–H groups in total. The van der Waals surface area contributed by atoms with Gasteiger partial charge in [-0.3, -0.25) is 4.79 Å². The van der Waals surface area contributed by atoms with Crippen LogP contribution in [0.25, 0.3) is 0 Å². The average Bonchev–Trinajstić information content (AvgIpc) is 2.62. The van der Waals surface area contributed by atoms with Crippen molar-refractivity contribution < 1.29 is 4.79 Å². The molecule has 0 aliphatic carbocycles. The Hall–Kier alpha value is -2.14. The highest BCUT2D eigenvalue weighted by Gasteiger charge is 2.21. The van der Waals surface area contributed by atoms with E-state index in [4.69, 9.17) is 11.6 Å². The second kappa shape index (κ2) is 7.40. The molecular formula is C19H23ClN4O. The summed E-state index contributed by atoms with van der Waals surface area (Å²) in [7, 11) is 0. The third-order valence-corrected chi connectivity index (χ3v) is 5.06. The molecule has 1 unspecified atom stereocenters. The number of carbonyl (C=O) groups excluding carboxylic acids is 1. The van der Waals surface area contributed by atoms with E-state index in [1.54, 1.807) is 6.92 Å². The van der Waals surface area contributed by atoms with E-state index in [1.165, 1.54) is 11.9 Å². The highest BCUT2D eigenvalue weighted by molar-refractivity contribution is 6.33. The van der Waals surface area contributed by atoms with Crippen LogP contribution >= 0.6 is 11.6 Å². The minimum Gasteiger partial charge on any atom is -0.362 e. The normalized spacial score (nSPS) is 14.8. The fraction of sp³-hybridized carbons (Fsp3) is 0.421. The van der Waals surface area contributed by atoms with Crippen LogP contribution in [0.5, 0.6) is 0 Å². The molecule has 1 aliphatic heterocycles. The van der Waals surface area contributed by atoms with Crippen molar-refractivity contribution >= 4 is 29.0 Å². The predicted octanol–water partition coefficient (Wildman–Crippen LogP) is 4.16. The molecule has 1 aromatic carbocycles. The fourth-order valence-corrected chi connectivity index (χ4v) is 3.52. The lowest BCUT2D eigenvalue weighted by molar-refractivity contribution is -0.116. The molecule has 1 aliphatic rings. The number of halogens is 1. The first-order chi connectivity index (χ1) is 12.0. The molecule has 0 radical (unpaired) electrons. The van der Waals surface area contributed by atoms with Crippen molar-refractivity contribution in [3.63, 3.8) is 0 Å². The molecule has 1 atom stereocenters. The number of fused-ring (bicyclic) bond motifs is 1. The fourth-order valence-electron chi connectivity index (χ4n) is 3.23. The summed E-state index contributed by atoms with van der Waals surface area (Å²) in [6.07, 6.45) is 4.32. The second-order valence-corrected chi connectivity index (χ2v) is 6.74. The first kappa shape index (κ1) is 17.7. The number of aryl methyl sites for hydroxylation is 2. The lowest BCUT2D eigenvalue weighted by Gasteiger charge is -2.30. The average molecular weight is 359 g/mol. The Morgan fingerprint density at radius 1 is 1.40 bits per heavy atom. The Balaban J connectivity index is 1.87. The van der Waals surface area contributed by atoms with Crippen molar-refractivity contribution in [2.24, 2.45) is 0 Å². The molecule has 0 fully saturated rings. The summed E-state index contributed by atoms with van der Waals surface area (Å²) in [5.41, 5.74) is 4.18. The summed E-state index contributed by atoms with van der Waals surface area (Å²) in [4.78, 5) is 22.2. The minimum atomic E-state index is 0.0122. The standard InChI is InChI=1S/C19H23ClN4O/c1-4-16-18(20)19(22-11-21-16)23-12(2)15-8-7-14-6-5-9-24(13(3)25)17(14)10-15/h7-8,10-12H,4-6,9H2,1-3H3,(H,21,22,23). The molecule has 1 amide bonds. The van der Waals surface area contributed by atoms with Crippen LogP contribution < -0.4 is 10.2 Å². The first-order valence-electron chi connectivity index (χ1n) is 8.68. The summed E-state index contributed by atoms with van der Waals surface area (Å²) in [5, 5.41) is 3.94. The molecule has 0 saturated carbocycles. The molecule has 0 spiro atoms. The van der Waals surface area contributed by atoms with Crippen molar-refractivity contribution in [3.05, 3.63) is 46.4 Å². The van der Waals surface area contributed by atoms with Gasteiger partial charge in [0.25, 0.3) is 0 Å². The number of hydrogen-bond acceptors (Lipinski definition) is 4. The Morgan fingerprint density at radius 2 is 2.20 bits per heavy atom. The zero-order chi connectivity index (χ0) is 18.0. The summed E-state index contributed by atoms with van der Waals surface area (Å²) in [6.45, 7) is 6.48. The van der Waals surface area contributed by atoms with Gasteiger partial charge in [-0.05, 0) is 43.4 Å². The predicted molar refractivity (Wildman–Crippen MR) is 101 cm³/mol. The molecular weight excluding hydrogens is 336 g/mol. The van der Waals surface area contributed by atoms with Gasteiger partial charge < -0.3 is 10.2 Å². The molecule has 0 saturated heterocycles. The zero-order valence-corrected chi connectivity index (χ0v) is 15.6. The van der Waals surface area contributed by atoms with Crippen molar-refractivity contribution in [1.82, 2.24) is 9.97 Å². The molecule has 1 aromatic heterocycles. The highest BCUT2D eigenvalue weighted by atomic mass is 35.5. The molecule has 2 heterocycles. The maximum absolute atomic E-state index is 11.9. The number of hydrogen-bond donors (Lipinski definition) is 1. The van der Waals surface area contributed by atoms with Gasteiger partial charge in [0.2, 0.25) is 5.91 Å². The van der Waals surface area contributed by atoms with E-state index in [1.807, 2.05) is 11.8 Å². The summed E-state index contributed by atoms with van der Waals surface area (Å²) < 4.78 is 0. The van der Waals surface area contributed by atoms with E-state index in [-0.39, 0.29) is 11.9 Å². The lowest BCUT2D eigenvalue weighted by atomic mass is 9.97. The van der Waals surface area contributed by atoms with Gasteiger partial charge in [0, 0.05) is 19.2 Å². The second-order valence-electron chi connectivity index (χ2n) is 6.36. The SMILES string of the molecule is CCc1ncnc(NC(C)c2ccc3c(c2)N(C(C)=O)CCC3)c1Cl. The van der Waals surface area contributed by atoms with Gasteiger partial charge in [-0.15, -0.1) is 0 Å². The van der Waals surface area contributed by atoms with Crippen molar-refractivity contribution in [3.8, 4) is 0 Å². The maximum atomic E-state index is 11.9. The highest BCUT2D eigenvalue weighted by Crippen LogP contribution is 2.32. The number of rotatable bonds is 4.